The van der Waals surface area contributed by atoms with Crippen molar-refractivity contribution in [2.45, 2.75) is 50.8 Å². The molecule has 0 amide bonds. The summed E-state index contributed by atoms with van der Waals surface area (Å²) in [7, 11) is 8.37. The van der Waals surface area contributed by atoms with Gasteiger partial charge in [-0.1, -0.05) is 6.92 Å². The molecular formula is C18H41NO5P2. The summed E-state index contributed by atoms with van der Waals surface area (Å²) in [6.45, 7) is 3.61. The monoisotopic (exact) mass is 413 g/mol. The van der Waals surface area contributed by atoms with Gasteiger partial charge in [-0.25, -0.2) is 0 Å². The average Bonchev–Trinajstić information content (AvgIpc) is 2.66. The van der Waals surface area contributed by atoms with Gasteiger partial charge in [0.1, 0.15) is 0 Å². The number of ether oxygens (including phenoxy) is 5. The van der Waals surface area contributed by atoms with Crippen LogP contribution in [0.3, 0.4) is 0 Å². The first-order valence-electron chi connectivity index (χ1n) is 9.48. The summed E-state index contributed by atoms with van der Waals surface area (Å²) in [5.74, 6) is 0. The molecule has 2 N–H and O–H groups in total. The summed E-state index contributed by atoms with van der Waals surface area (Å²) < 4.78 is 27.5. The van der Waals surface area contributed by atoms with Gasteiger partial charge in [0.15, 0.2) is 12.6 Å². The number of hydrogen-bond donors (Lipinski definition) is 1. The van der Waals surface area contributed by atoms with Crippen molar-refractivity contribution in [3.05, 3.63) is 0 Å². The van der Waals surface area contributed by atoms with Crippen LogP contribution in [0.2, 0.25) is 0 Å². The van der Waals surface area contributed by atoms with Crippen molar-refractivity contribution >= 4 is 17.2 Å². The molecule has 0 aromatic heterocycles. The number of rotatable bonds is 19. The SMILES string of the molecule is CCCOC(CCN)(CCPCC(OC)OC)CCPCC(OC)OC. The van der Waals surface area contributed by atoms with E-state index < -0.39 is 0 Å². The zero-order valence-corrected chi connectivity index (χ0v) is 19.3. The third kappa shape index (κ3) is 12.2. The fourth-order valence-corrected chi connectivity index (χ4v) is 5.58. The van der Waals surface area contributed by atoms with Crippen molar-refractivity contribution in [2.24, 2.45) is 5.73 Å². The van der Waals surface area contributed by atoms with Gasteiger partial charge in [0.05, 0.1) is 5.60 Å². The smallest absolute Gasteiger partial charge is 0.160 e. The average molecular weight is 413 g/mol. The first-order chi connectivity index (χ1) is 12.6. The summed E-state index contributed by atoms with van der Waals surface area (Å²) in [6.07, 6.45) is 7.94. The van der Waals surface area contributed by atoms with E-state index in [9.17, 15) is 0 Å². The quantitative estimate of drug-likeness (QED) is 0.199. The Kier molecular flexibility index (Phi) is 18.1. The maximum Gasteiger partial charge on any atom is 0.160 e. The first-order valence-corrected chi connectivity index (χ1v) is 12.3. The van der Waals surface area contributed by atoms with E-state index >= 15 is 0 Å². The molecule has 0 saturated heterocycles. The molecule has 0 aliphatic carbocycles. The van der Waals surface area contributed by atoms with E-state index in [4.69, 9.17) is 29.4 Å². The molecule has 6 nitrogen and oxygen atoms in total. The molecule has 0 aromatic rings. The third-order valence-electron chi connectivity index (χ3n) is 4.40. The van der Waals surface area contributed by atoms with E-state index in [1.54, 1.807) is 28.4 Å². The molecule has 0 radical (unpaired) electrons. The first kappa shape index (κ1) is 26.6. The predicted molar refractivity (Wildman–Crippen MR) is 114 cm³/mol. The van der Waals surface area contributed by atoms with Gasteiger partial charge in [-0.05, 0) is 44.6 Å². The molecule has 26 heavy (non-hydrogen) atoms. The topological polar surface area (TPSA) is 72.2 Å². The maximum absolute atomic E-state index is 6.34. The minimum Gasteiger partial charge on any atom is -0.375 e. The molecule has 0 heterocycles. The van der Waals surface area contributed by atoms with Crippen molar-refractivity contribution in [3.8, 4) is 0 Å². The molecule has 0 bridgehead atoms. The van der Waals surface area contributed by atoms with Gasteiger partial charge in [0.2, 0.25) is 0 Å². The van der Waals surface area contributed by atoms with Gasteiger partial charge < -0.3 is 29.4 Å². The van der Waals surface area contributed by atoms with E-state index in [-0.39, 0.29) is 18.2 Å². The summed E-state index contributed by atoms with van der Waals surface area (Å²) in [5, 5.41) is 0. The Bertz CT molecular complexity index is 285. The van der Waals surface area contributed by atoms with Crippen LogP contribution in [0.1, 0.15) is 32.6 Å². The second-order valence-electron chi connectivity index (χ2n) is 6.28. The Hall–Kier alpha value is 0.620. The van der Waals surface area contributed by atoms with Crippen LogP contribution in [0.25, 0.3) is 0 Å². The largest absolute Gasteiger partial charge is 0.375 e. The van der Waals surface area contributed by atoms with Gasteiger partial charge in [0, 0.05) is 47.4 Å². The van der Waals surface area contributed by atoms with Crippen LogP contribution in [-0.4, -0.2) is 84.4 Å². The van der Waals surface area contributed by atoms with Crippen molar-refractivity contribution in [3.63, 3.8) is 0 Å². The molecule has 2 atom stereocenters. The van der Waals surface area contributed by atoms with Gasteiger partial charge in [0.25, 0.3) is 0 Å². The number of methoxy groups -OCH3 is 4. The standard InChI is InChI=1S/C18H41NO5P2/c1-6-11-24-18(7-10-19,8-12-25-14-16(20-2)21-3)9-13-26-15-17(22-4)23-5/h16-17,25-26H,6-15,19H2,1-5H3. The molecule has 2 unspecified atom stereocenters. The Morgan fingerprint density at radius 2 is 1.27 bits per heavy atom. The van der Waals surface area contributed by atoms with E-state index in [1.165, 1.54) is 0 Å². The van der Waals surface area contributed by atoms with Crippen molar-refractivity contribution in [2.75, 3.05) is 66.2 Å². The summed E-state index contributed by atoms with van der Waals surface area (Å²) >= 11 is 0. The predicted octanol–water partition coefficient (Wildman–Crippen LogP) is 2.88. The van der Waals surface area contributed by atoms with E-state index in [2.05, 4.69) is 6.92 Å². The molecular weight excluding hydrogens is 372 g/mol. The fraction of sp³-hybridized carbons (Fsp3) is 1.00. The molecule has 0 spiro atoms. The van der Waals surface area contributed by atoms with Crippen LogP contribution < -0.4 is 5.73 Å². The van der Waals surface area contributed by atoms with Crippen molar-refractivity contribution in [1.29, 1.82) is 0 Å². The Morgan fingerprint density at radius 1 is 0.808 bits per heavy atom. The minimum atomic E-state index is -0.102. The second kappa shape index (κ2) is 17.7. The Balaban J connectivity index is 4.51. The Morgan fingerprint density at radius 3 is 1.62 bits per heavy atom. The van der Waals surface area contributed by atoms with Crippen LogP contribution in [0.4, 0.5) is 0 Å². The van der Waals surface area contributed by atoms with Crippen LogP contribution in [-0.2, 0) is 23.7 Å². The number of hydrogen-bond acceptors (Lipinski definition) is 6. The van der Waals surface area contributed by atoms with Crippen LogP contribution >= 0.6 is 17.2 Å². The van der Waals surface area contributed by atoms with Crippen molar-refractivity contribution in [1.82, 2.24) is 0 Å². The van der Waals surface area contributed by atoms with Crippen LogP contribution in [0, 0.1) is 0 Å². The molecule has 0 fully saturated rings. The highest BCUT2D eigenvalue weighted by atomic mass is 31.1. The lowest BCUT2D eigenvalue weighted by molar-refractivity contribution is -0.0848. The third-order valence-corrected chi connectivity index (χ3v) is 6.85. The second-order valence-corrected chi connectivity index (χ2v) is 9.10. The normalized spacial score (nSPS) is 15.2. The van der Waals surface area contributed by atoms with E-state index in [1.807, 2.05) is 0 Å². The fourth-order valence-electron chi connectivity index (χ4n) is 2.77. The molecule has 0 aliphatic rings. The highest BCUT2D eigenvalue weighted by molar-refractivity contribution is 7.38. The van der Waals surface area contributed by atoms with Crippen molar-refractivity contribution < 1.29 is 23.7 Å². The lowest BCUT2D eigenvalue weighted by atomic mass is 9.93. The van der Waals surface area contributed by atoms with Gasteiger partial charge in [-0.15, -0.1) is 17.2 Å². The molecule has 158 valence electrons. The summed E-state index contributed by atoms with van der Waals surface area (Å²) in [6, 6.07) is 0. The van der Waals surface area contributed by atoms with Gasteiger partial charge >= 0.3 is 0 Å². The van der Waals surface area contributed by atoms with Crippen LogP contribution in [0.15, 0.2) is 0 Å². The zero-order chi connectivity index (χ0) is 19.7. The lowest BCUT2D eigenvalue weighted by Crippen LogP contribution is -2.37. The molecule has 0 aromatic carbocycles. The van der Waals surface area contributed by atoms with E-state index in [0.717, 1.165) is 74.1 Å². The summed E-state index contributed by atoms with van der Waals surface area (Å²) in [5.41, 5.74) is 5.82. The zero-order valence-electron chi connectivity index (χ0n) is 17.3. The van der Waals surface area contributed by atoms with Gasteiger partial charge in [-0.2, -0.15) is 0 Å². The van der Waals surface area contributed by atoms with Gasteiger partial charge in [-0.3, -0.25) is 0 Å². The maximum atomic E-state index is 6.34. The highest BCUT2D eigenvalue weighted by Gasteiger charge is 2.29. The van der Waals surface area contributed by atoms with Crippen LogP contribution in [0.5, 0.6) is 0 Å². The highest BCUT2D eigenvalue weighted by Crippen LogP contribution is 2.32. The van der Waals surface area contributed by atoms with E-state index in [0.29, 0.717) is 6.54 Å². The number of nitrogens with two attached hydrogens (primary N) is 1. The minimum absolute atomic E-state index is 0.101. The lowest BCUT2D eigenvalue weighted by Gasteiger charge is -2.34. The molecule has 8 heteroatoms. The summed E-state index contributed by atoms with van der Waals surface area (Å²) in [4.78, 5) is 0. The molecule has 0 aliphatic heterocycles. The molecule has 0 saturated carbocycles. The Labute approximate surface area is 164 Å². The molecule has 0 rings (SSSR count).